The molecule has 6 nitrogen and oxygen atoms in total. The lowest BCUT2D eigenvalue weighted by atomic mass is 10.1. The second-order valence-corrected chi connectivity index (χ2v) is 7.66. The van der Waals surface area contributed by atoms with Crippen LogP contribution in [-0.4, -0.2) is 30.0 Å². The fraction of sp³-hybridized carbons (Fsp3) is 0.333. The predicted molar refractivity (Wildman–Crippen MR) is 108 cm³/mol. The van der Waals surface area contributed by atoms with Gasteiger partial charge in [-0.2, -0.15) is 0 Å². The van der Waals surface area contributed by atoms with Gasteiger partial charge in [-0.15, -0.1) is 11.3 Å². The van der Waals surface area contributed by atoms with Gasteiger partial charge in [0, 0.05) is 24.1 Å². The van der Waals surface area contributed by atoms with Crippen molar-refractivity contribution in [3.8, 4) is 0 Å². The van der Waals surface area contributed by atoms with E-state index in [1.807, 2.05) is 13.8 Å². The fourth-order valence-electron chi connectivity index (χ4n) is 2.40. The largest absolute Gasteiger partial charge is 0.457 e. The number of hydrogen-bond acceptors (Lipinski definition) is 6. The highest BCUT2D eigenvalue weighted by Gasteiger charge is 2.14. The fourth-order valence-corrected chi connectivity index (χ4v) is 3.09. The van der Waals surface area contributed by atoms with Gasteiger partial charge in [0.25, 0.3) is 0 Å². The lowest BCUT2D eigenvalue weighted by molar-refractivity contribution is -0.142. The summed E-state index contributed by atoms with van der Waals surface area (Å²) in [6.45, 7) is 3.53. The third-order valence-electron chi connectivity index (χ3n) is 3.80. The smallest absolute Gasteiger partial charge is 0.306 e. The number of Topliss-reactive ketones (excluding diaryl/α,β-unsaturated/α-hetero) is 2. The van der Waals surface area contributed by atoms with Crippen LogP contribution in [0.2, 0.25) is 0 Å². The number of hydrogen-bond donors (Lipinski definition) is 1. The third kappa shape index (κ3) is 7.08. The molecule has 0 fully saturated rings. The summed E-state index contributed by atoms with van der Waals surface area (Å²) in [7, 11) is 0. The molecule has 0 aliphatic heterocycles. The highest BCUT2D eigenvalue weighted by molar-refractivity contribution is 7.12. The van der Waals surface area contributed by atoms with Crippen molar-refractivity contribution < 1.29 is 23.9 Å². The van der Waals surface area contributed by atoms with E-state index >= 15 is 0 Å². The molecule has 0 bridgehead atoms. The van der Waals surface area contributed by atoms with Crippen LogP contribution < -0.4 is 5.32 Å². The van der Waals surface area contributed by atoms with Gasteiger partial charge in [0.2, 0.25) is 5.91 Å². The third-order valence-corrected chi connectivity index (χ3v) is 4.71. The van der Waals surface area contributed by atoms with Gasteiger partial charge < -0.3 is 10.1 Å². The normalized spacial score (nSPS) is 10.5. The average molecular weight is 401 g/mol. The summed E-state index contributed by atoms with van der Waals surface area (Å²) >= 11 is 1.32. The molecule has 148 valence electrons. The summed E-state index contributed by atoms with van der Waals surface area (Å²) in [5, 5.41) is 4.56. The minimum atomic E-state index is -0.587. The van der Waals surface area contributed by atoms with E-state index in [0.717, 1.165) is 0 Å². The Morgan fingerprint density at radius 1 is 1.00 bits per heavy atom. The number of esters is 1. The molecule has 7 heteroatoms. The molecule has 1 amide bonds. The van der Waals surface area contributed by atoms with Gasteiger partial charge in [-0.1, -0.05) is 19.9 Å². The van der Waals surface area contributed by atoms with Crippen molar-refractivity contribution in [1.29, 1.82) is 0 Å². The highest BCUT2D eigenvalue weighted by atomic mass is 32.1. The first kappa shape index (κ1) is 21.5. The molecule has 2 aromatic rings. The number of thiophene rings is 1. The van der Waals surface area contributed by atoms with E-state index in [2.05, 4.69) is 5.32 Å². The summed E-state index contributed by atoms with van der Waals surface area (Å²) in [5.41, 5.74) is 0.982. The van der Waals surface area contributed by atoms with Crippen molar-refractivity contribution in [1.82, 2.24) is 0 Å². The molecule has 0 spiro atoms. The SMILES string of the molecule is CC(C)CC(=O)Nc1ccc(C(=O)COC(=O)CCC(=O)c2cccs2)cc1. The summed E-state index contributed by atoms with van der Waals surface area (Å²) in [5.74, 6) is -0.876. The van der Waals surface area contributed by atoms with Gasteiger partial charge in [-0.05, 0) is 41.6 Å². The number of ketones is 2. The van der Waals surface area contributed by atoms with E-state index in [1.165, 1.54) is 11.3 Å². The first-order valence-electron chi connectivity index (χ1n) is 9.00. The number of carbonyl (C=O) groups excluding carboxylic acids is 4. The Hall–Kier alpha value is -2.80. The van der Waals surface area contributed by atoms with Crippen LogP contribution in [-0.2, 0) is 14.3 Å². The van der Waals surface area contributed by atoms with Crippen LogP contribution in [0.3, 0.4) is 0 Å². The Balaban J connectivity index is 1.75. The molecule has 1 heterocycles. The van der Waals surface area contributed by atoms with Gasteiger partial charge in [0.05, 0.1) is 11.3 Å². The molecule has 0 atom stereocenters. The first-order valence-corrected chi connectivity index (χ1v) is 9.88. The minimum absolute atomic E-state index is 0.0539. The summed E-state index contributed by atoms with van der Waals surface area (Å²) < 4.78 is 4.96. The summed E-state index contributed by atoms with van der Waals surface area (Å²) in [6.07, 6.45) is 0.411. The highest BCUT2D eigenvalue weighted by Crippen LogP contribution is 2.14. The van der Waals surface area contributed by atoms with E-state index in [9.17, 15) is 19.2 Å². The standard InChI is InChI=1S/C21H23NO5S/c1-14(2)12-20(25)22-16-7-5-15(6-8-16)18(24)13-27-21(26)10-9-17(23)19-4-3-11-28-19/h3-8,11,14H,9-10,12-13H2,1-2H3,(H,22,25). The van der Waals surface area contributed by atoms with Gasteiger partial charge in [0.15, 0.2) is 18.2 Å². The van der Waals surface area contributed by atoms with E-state index in [4.69, 9.17) is 4.74 Å². The van der Waals surface area contributed by atoms with Crippen LogP contribution in [0.25, 0.3) is 0 Å². The minimum Gasteiger partial charge on any atom is -0.457 e. The lowest BCUT2D eigenvalue weighted by Crippen LogP contribution is -2.16. The van der Waals surface area contributed by atoms with Crippen LogP contribution in [0.4, 0.5) is 5.69 Å². The maximum absolute atomic E-state index is 12.1. The zero-order valence-electron chi connectivity index (χ0n) is 15.9. The van der Waals surface area contributed by atoms with E-state index in [0.29, 0.717) is 22.5 Å². The van der Waals surface area contributed by atoms with Crippen molar-refractivity contribution in [2.24, 2.45) is 5.92 Å². The quantitative estimate of drug-likeness (QED) is 0.478. The Bertz CT molecular complexity index is 825. The van der Waals surface area contributed by atoms with E-state index in [-0.39, 0.29) is 42.8 Å². The summed E-state index contributed by atoms with van der Waals surface area (Å²) in [4.78, 5) is 48.1. The zero-order valence-corrected chi connectivity index (χ0v) is 16.7. The van der Waals surface area contributed by atoms with Crippen LogP contribution >= 0.6 is 11.3 Å². The van der Waals surface area contributed by atoms with Gasteiger partial charge in [-0.25, -0.2) is 0 Å². The second kappa shape index (κ2) is 10.5. The molecule has 0 aliphatic carbocycles. The maximum Gasteiger partial charge on any atom is 0.306 e. The van der Waals surface area contributed by atoms with Crippen molar-refractivity contribution in [2.75, 3.05) is 11.9 Å². The molecule has 0 aliphatic rings. The molecule has 28 heavy (non-hydrogen) atoms. The van der Waals surface area contributed by atoms with Crippen molar-refractivity contribution in [3.63, 3.8) is 0 Å². The van der Waals surface area contributed by atoms with Gasteiger partial charge >= 0.3 is 5.97 Å². The predicted octanol–water partition coefficient (Wildman–Crippen LogP) is 4.12. The van der Waals surface area contributed by atoms with E-state index < -0.39 is 5.97 Å². The molecule has 1 aromatic heterocycles. The number of carbonyl (C=O) groups is 4. The van der Waals surface area contributed by atoms with Crippen LogP contribution in [0.1, 0.15) is 53.1 Å². The Labute approximate surface area is 167 Å². The number of benzene rings is 1. The van der Waals surface area contributed by atoms with Crippen molar-refractivity contribution in [2.45, 2.75) is 33.1 Å². The number of nitrogens with one attached hydrogen (secondary N) is 1. The van der Waals surface area contributed by atoms with Crippen LogP contribution in [0, 0.1) is 5.92 Å². The van der Waals surface area contributed by atoms with Crippen LogP contribution in [0.15, 0.2) is 41.8 Å². The van der Waals surface area contributed by atoms with E-state index in [1.54, 1.807) is 41.8 Å². The monoisotopic (exact) mass is 401 g/mol. The Morgan fingerprint density at radius 3 is 2.32 bits per heavy atom. The number of ether oxygens (including phenoxy) is 1. The Kier molecular flexibility index (Phi) is 8.07. The molecular weight excluding hydrogens is 378 g/mol. The number of rotatable bonds is 10. The van der Waals surface area contributed by atoms with Crippen molar-refractivity contribution in [3.05, 3.63) is 52.2 Å². The molecule has 2 rings (SSSR count). The zero-order chi connectivity index (χ0) is 20.5. The lowest BCUT2D eigenvalue weighted by Gasteiger charge is -2.08. The number of anilines is 1. The molecule has 0 saturated carbocycles. The molecule has 1 aromatic carbocycles. The second-order valence-electron chi connectivity index (χ2n) is 6.71. The van der Waals surface area contributed by atoms with Crippen molar-refractivity contribution >= 4 is 40.5 Å². The number of amides is 1. The maximum atomic E-state index is 12.1. The molecule has 0 saturated heterocycles. The molecule has 1 N–H and O–H groups in total. The molecule has 0 unspecified atom stereocenters. The summed E-state index contributed by atoms with van der Waals surface area (Å²) in [6, 6.07) is 9.88. The molecular formula is C21H23NO5S. The average Bonchev–Trinajstić information content (AvgIpc) is 3.19. The molecule has 0 radical (unpaired) electrons. The van der Waals surface area contributed by atoms with Gasteiger partial charge in [0.1, 0.15) is 0 Å². The first-order chi connectivity index (χ1) is 13.3. The topological polar surface area (TPSA) is 89.5 Å². The van der Waals surface area contributed by atoms with Crippen LogP contribution in [0.5, 0.6) is 0 Å². The van der Waals surface area contributed by atoms with Gasteiger partial charge in [-0.3, -0.25) is 19.2 Å². The Morgan fingerprint density at radius 2 is 1.71 bits per heavy atom.